The van der Waals surface area contributed by atoms with Crippen molar-refractivity contribution in [3.63, 3.8) is 0 Å². The zero-order valence-corrected chi connectivity index (χ0v) is 14.1. The minimum Gasteiger partial charge on any atom is -0.361 e. The van der Waals surface area contributed by atoms with Crippen molar-refractivity contribution in [3.05, 3.63) is 44.9 Å². The molecule has 4 rings (SSSR count). The van der Waals surface area contributed by atoms with E-state index in [1.807, 2.05) is 0 Å². The molecule has 0 radical (unpaired) electrons. The summed E-state index contributed by atoms with van der Waals surface area (Å²) in [5.74, 6) is 1.61. The SMILES string of the molecule is O=c1c([N+](=O)[O-])c(N[C@@H]2CC[C@@H]3CCCC[C@@H]3C2)nc2ccccn12. The van der Waals surface area contributed by atoms with E-state index in [1.54, 1.807) is 18.2 Å². The van der Waals surface area contributed by atoms with Crippen LogP contribution in [-0.2, 0) is 0 Å². The fourth-order valence-corrected chi connectivity index (χ4v) is 4.54. The maximum atomic E-state index is 12.5. The predicted octanol–water partition coefficient (Wildman–Crippen LogP) is 3.37. The van der Waals surface area contributed by atoms with Gasteiger partial charge in [-0.2, -0.15) is 0 Å². The van der Waals surface area contributed by atoms with Gasteiger partial charge in [-0.15, -0.1) is 0 Å². The predicted molar refractivity (Wildman–Crippen MR) is 94.8 cm³/mol. The number of rotatable bonds is 3. The van der Waals surface area contributed by atoms with Crippen LogP contribution in [0.1, 0.15) is 44.9 Å². The molecule has 0 unspecified atom stereocenters. The van der Waals surface area contributed by atoms with E-state index in [2.05, 4.69) is 10.3 Å². The first-order chi connectivity index (χ1) is 12.1. The average Bonchev–Trinajstić information content (AvgIpc) is 2.61. The third-order valence-corrected chi connectivity index (χ3v) is 5.77. The first-order valence-corrected chi connectivity index (χ1v) is 9.06. The van der Waals surface area contributed by atoms with E-state index in [0.29, 0.717) is 11.6 Å². The summed E-state index contributed by atoms with van der Waals surface area (Å²) in [5, 5.41) is 14.7. The van der Waals surface area contributed by atoms with Gasteiger partial charge in [0.2, 0.25) is 5.82 Å². The number of aromatic nitrogens is 2. The summed E-state index contributed by atoms with van der Waals surface area (Å²) in [5.41, 5.74) is -0.675. The number of nitro groups is 1. The topological polar surface area (TPSA) is 89.5 Å². The lowest BCUT2D eigenvalue weighted by molar-refractivity contribution is -0.385. The van der Waals surface area contributed by atoms with E-state index in [1.165, 1.54) is 36.3 Å². The Balaban J connectivity index is 1.65. The van der Waals surface area contributed by atoms with Gasteiger partial charge < -0.3 is 5.32 Å². The summed E-state index contributed by atoms with van der Waals surface area (Å²) in [7, 11) is 0. The average molecular weight is 342 g/mol. The monoisotopic (exact) mass is 342 g/mol. The summed E-state index contributed by atoms with van der Waals surface area (Å²) in [4.78, 5) is 27.7. The second-order valence-corrected chi connectivity index (χ2v) is 7.26. The molecule has 0 saturated heterocycles. The van der Waals surface area contributed by atoms with Crippen molar-refractivity contribution in [1.29, 1.82) is 0 Å². The van der Waals surface area contributed by atoms with Crippen molar-refractivity contribution in [2.75, 3.05) is 5.32 Å². The van der Waals surface area contributed by atoms with E-state index in [9.17, 15) is 14.9 Å². The smallest absolute Gasteiger partial charge is 0.361 e. The molecule has 1 N–H and O–H groups in total. The van der Waals surface area contributed by atoms with Crippen molar-refractivity contribution >= 4 is 17.2 Å². The van der Waals surface area contributed by atoms with Gasteiger partial charge in [0, 0.05) is 12.2 Å². The van der Waals surface area contributed by atoms with Crippen molar-refractivity contribution in [3.8, 4) is 0 Å². The summed E-state index contributed by atoms with van der Waals surface area (Å²) in [6.07, 6.45) is 9.83. The number of fused-ring (bicyclic) bond motifs is 2. The standard InChI is InChI=1S/C18H22N4O3/c23-18-16(22(24)25)17(20-15-7-3-4-10-21(15)18)19-14-9-8-12-5-1-2-6-13(12)11-14/h3-4,7,10,12-14,19H,1-2,5-6,8-9,11H2/t12-,13+,14+/m0/s1. The minimum atomic E-state index is -0.635. The van der Waals surface area contributed by atoms with Crippen LogP contribution in [0.5, 0.6) is 0 Å². The fraction of sp³-hybridized carbons (Fsp3) is 0.556. The van der Waals surface area contributed by atoms with Crippen LogP contribution < -0.4 is 10.9 Å². The summed E-state index contributed by atoms with van der Waals surface area (Å²) in [6, 6.07) is 5.27. The van der Waals surface area contributed by atoms with Gasteiger partial charge in [-0.3, -0.25) is 19.3 Å². The number of hydrogen-bond acceptors (Lipinski definition) is 5. The molecule has 0 spiro atoms. The Morgan fingerprint density at radius 2 is 1.96 bits per heavy atom. The molecule has 132 valence electrons. The van der Waals surface area contributed by atoms with E-state index in [4.69, 9.17) is 0 Å². The Bertz CT molecular complexity index is 863. The van der Waals surface area contributed by atoms with Crippen molar-refractivity contribution in [2.45, 2.75) is 51.0 Å². The highest BCUT2D eigenvalue weighted by atomic mass is 16.6. The van der Waals surface area contributed by atoms with E-state index >= 15 is 0 Å². The third kappa shape index (κ3) is 2.99. The Labute approximate surface area is 145 Å². The minimum absolute atomic E-state index is 0.112. The highest BCUT2D eigenvalue weighted by molar-refractivity contribution is 5.60. The van der Waals surface area contributed by atoms with Gasteiger partial charge in [-0.25, -0.2) is 4.98 Å². The summed E-state index contributed by atoms with van der Waals surface area (Å²) < 4.78 is 1.22. The third-order valence-electron chi connectivity index (χ3n) is 5.77. The lowest BCUT2D eigenvalue weighted by atomic mass is 9.69. The zero-order chi connectivity index (χ0) is 17.4. The molecule has 3 atom stereocenters. The van der Waals surface area contributed by atoms with Crippen LogP contribution in [-0.4, -0.2) is 20.3 Å². The number of nitrogens with zero attached hydrogens (tertiary/aromatic N) is 3. The van der Waals surface area contributed by atoms with Gasteiger partial charge in [0.1, 0.15) is 5.65 Å². The van der Waals surface area contributed by atoms with Crippen LogP contribution in [0.25, 0.3) is 5.65 Å². The van der Waals surface area contributed by atoms with Crippen LogP contribution in [0.4, 0.5) is 11.5 Å². The molecule has 7 heteroatoms. The Kier molecular flexibility index (Phi) is 4.15. The van der Waals surface area contributed by atoms with Crippen molar-refractivity contribution in [2.24, 2.45) is 11.8 Å². The molecule has 0 aromatic carbocycles. The first kappa shape index (κ1) is 16.1. The molecule has 2 aliphatic rings. The second kappa shape index (κ2) is 6.46. The first-order valence-electron chi connectivity index (χ1n) is 9.06. The molecule has 2 aliphatic carbocycles. The quantitative estimate of drug-likeness (QED) is 0.682. The van der Waals surface area contributed by atoms with E-state index < -0.39 is 16.2 Å². The summed E-state index contributed by atoms with van der Waals surface area (Å²) >= 11 is 0. The summed E-state index contributed by atoms with van der Waals surface area (Å²) in [6.45, 7) is 0. The largest absolute Gasteiger partial charge is 0.376 e. The molecule has 0 aliphatic heterocycles. The number of pyridine rings is 1. The zero-order valence-electron chi connectivity index (χ0n) is 14.1. The molecule has 2 aromatic heterocycles. The maximum absolute atomic E-state index is 12.5. The lowest BCUT2D eigenvalue weighted by Gasteiger charge is -2.39. The highest BCUT2D eigenvalue weighted by Gasteiger charge is 2.34. The van der Waals surface area contributed by atoms with E-state index in [-0.39, 0.29) is 11.9 Å². The van der Waals surface area contributed by atoms with Crippen LogP contribution in [0.15, 0.2) is 29.2 Å². The number of nitrogens with one attached hydrogen (secondary N) is 1. The molecule has 25 heavy (non-hydrogen) atoms. The molecular formula is C18H22N4O3. The molecule has 7 nitrogen and oxygen atoms in total. The number of hydrogen-bond donors (Lipinski definition) is 1. The van der Waals surface area contributed by atoms with Crippen molar-refractivity contribution < 1.29 is 4.92 Å². The van der Waals surface area contributed by atoms with Gasteiger partial charge in [-0.05, 0) is 43.2 Å². The lowest BCUT2D eigenvalue weighted by Crippen LogP contribution is -2.35. The highest BCUT2D eigenvalue weighted by Crippen LogP contribution is 2.41. The molecule has 0 bridgehead atoms. The molecule has 2 saturated carbocycles. The fourth-order valence-electron chi connectivity index (χ4n) is 4.54. The second-order valence-electron chi connectivity index (χ2n) is 7.26. The maximum Gasteiger partial charge on any atom is 0.376 e. The van der Waals surface area contributed by atoms with Crippen LogP contribution >= 0.6 is 0 Å². The van der Waals surface area contributed by atoms with Gasteiger partial charge >= 0.3 is 11.2 Å². The Morgan fingerprint density at radius 1 is 1.16 bits per heavy atom. The van der Waals surface area contributed by atoms with Gasteiger partial charge in [-0.1, -0.05) is 31.7 Å². The van der Waals surface area contributed by atoms with Crippen LogP contribution in [0.2, 0.25) is 0 Å². The number of anilines is 1. The van der Waals surface area contributed by atoms with E-state index in [0.717, 1.165) is 25.2 Å². The Morgan fingerprint density at radius 3 is 2.76 bits per heavy atom. The molecular weight excluding hydrogens is 320 g/mol. The van der Waals surface area contributed by atoms with Crippen molar-refractivity contribution in [1.82, 2.24) is 9.38 Å². The molecule has 2 heterocycles. The molecule has 2 fully saturated rings. The van der Waals surface area contributed by atoms with Gasteiger partial charge in [0.05, 0.1) is 4.92 Å². The molecule has 2 aromatic rings. The van der Waals surface area contributed by atoms with Gasteiger partial charge in [0.25, 0.3) is 0 Å². The van der Waals surface area contributed by atoms with Gasteiger partial charge in [0.15, 0.2) is 0 Å². The van der Waals surface area contributed by atoms with Crippen LogP contribution in [0, 0.1) is 22.0 Å². The normalized spacial score (nSPS) is 26.2. The van der Waals surface area contributed by atoms with Crippen LogP contribution in [0.3, 0.4) is 0 Å². The Hall–Kier alpha value is -2.44. The molecule has 0 amide bonds.